The molecular weight excluding hydrogens is 193 g/mol. The van der Waals surface area contributed by atoms with E-state index in [2.05, 4.69) is 4.99 Å². The lowest BCUT2D eigenvalue weighted by molar-refractivity contribution is 0.554. The average molecular weight is 205 g/mol. The van der Waals surface area contributed by atoms with Crippen molar-refractivity contribution in [2.75, 3.05) is 0 Å². The first-order chi connectivity index (χ1) is 7.10. The van der Waals surface area contributed by atoms with Crippen LogP contribution in [-0.2, 0) is 10.3 Å². The molecule has 0 atom stereocenters. The zero-order valence-electron chi connectivity index (χ0n) is 8.80. The summed E-state index contributed by atoms with van der Waals surface area (Å²) < 4.78 is 13.4. The minimum absolute atomic E-state index is 0.233. The molecule has 1 fully saturated rings. The van der Waals surface area contributed by atoms with E-state index in [-0.39, 0.29) is 5.82 Å². The van der Waals surface area contributed by atoms with Crippen LogP contribution in [0.25, 0.3) is 0 Å². The number of benzene rings is 1. The second kappa shape index (κ2) is 3.28. The van der Waals surface area contributed by atoms with Gasteiger partial charge in [-0.3, -0.25) is 0 Å². The molecule has 15 heavy (non-hydrogen) atoms. The van der Waals surface area contributed by atoms with Crippen molar-refractivity contribution in [2.24, 2.45) is 4.99 Å². The Labute approximate surface area is 87.8 Å². The molecule has 2 rings (SSSR count). The lowest BCUT2D eigenvalue weighted by Crippen LogP contribution is -2.09. The van der Waals surface area contributed by atoms with Gasteiger partial charge in [0.2, 0.25) is 6.08 Å². The van der Waals surface area contributed by atoms with Crippen molar-refractivity contribution in [3.05, 3.63) is 34.6 Å². The van der Waals surface area contributed by atoms with Crippen LogP contribution in [0.15, 0.2) is 17.1 Å². The molecule has 3 heteroatoms. The SMILES string of the molecule is Cc1ccc(F)c(C)c1C1(N=C=O)CC1. The van der Waals surface area contributed by atoms with E-state index in [0.717, 1.165) is 24.0 Å². The Morgan fingerprint density at radius 1 is 1.40 bits per heavy atom. The summed E-state index contributed by atoms with van der Waals surface area (Å²) in [7, 11) is 0. The van der Waals surface area contributed by atoms with Gasteiger partial charge in [0.25, 0.3) is 0 Å². The van der Waals surface area contributed by atoms with Gasteiger partial charge in [0.15, 0.2) is 0 Å². The van der Waals surface area contributed by atoms with Gasteiger partial charge in [0.1, 0.15) is 5.82 Å². The van der Waals surface area contributed by atoms with Gasteiger partial charge in [-0.1, -0.05) is 6.07 Å². The van der Waals surface area contributed by atoms with Gasteiger partial charge in [0, 0.05) is 0 Å². The maximum absolute atomic E-state index is 13.4. The molecule has 0 bridgehead atoms. The summed E-state index contributed by atoms with van der Waals surface area (Å²) in [5.74, 6) is -0.233. The van der Waals surface area contributed by atoms with Gasteiger partial charge in [-0.15, -0.1) is 0 Å². The highest BCUT2D eigenvalue weighted by atomic mass is 19.1. The van der Waals surface area contributed by atoms with E-state index < -0.39 is 5.54 Å². The standard InChI is InChI=1S/C12H12FNO/c1-8-3-4-10(13)9(2)11(8)12(5-6-12)14-7-15/h3-4H,5-6H2,1-2H3. The smallest absolute Gasteiger partial charge is 0.211 e. The third-order valence-electron chi connectivity index (χ3n) is 3.06. The van der Waals surface area contributed by atoms with Crippen molar-refractivity contribution in [3.8, 4) is 0 Å². The molecule has 0 heterocycles. The lowest BCUT2D eigenvalue weighted by Gasteiger charge is -2.15. The van der Waals surface area contributed by atoms with E-state index in [9.17, 15) is 9.18 Å². The van der Waals surface area contributed by atoms with Crippen LogP contribution >= 0.6 is 0 Å². The van der Waals surface area contributed by atoms with Crippen LogP contribution in [0.5, 0.6) is 0 Å². The zero-order chi connectivity index (χ0) is 11.1. The van der Waals surface area contributed by atoms with Crippen molar-refractivity contribution >= 4 is 6.08 Å². The van der Waals surface area contributed by atoms with Gasteiger partial charge in [-0.2, -0.15) is 4.99 Å². The van der Waals surface area contributed by atoms with E-state index in [1.807, 2.05) is 6.92 Å². The Kier molecular flexibility index (Phi) is 2.20. The molecular formula is C12H12FNO. The summed E-state index contributed by atoms with van der Waals surface area (Å²) in [5, 5.41) is 0. The summed E-state index contributed by atoms with van der Waals surface area (Å²) in [6.45, 7) is 3.65. The predicted octanol–water partition coefficient (Wildman–Crippen LogP) is 2.77. The quantitative estimate of drug-likeness (QED) is 0.539. The van der Waals surface area contributed by atoms with Crippen LogP contribution in [0, 0.1) is 19.7 Å². The Morgan fingerprint density at radius 2 is 2.07 bits per heavy atom. The fraction of sp³-hybridized carbons (Fsp3) is 0.417. The fourth-order valence-corrected chi connectivity index (χ4v) is 2.16. The number of aryl methyl sites for hydroxylation is 1. The molecule has 0 radical (unpaired) electrons. The fourth-order valence-electron chi connectivity index (χ4n) is 2.16. The van der Waals surface area contributed by atoms with E-state index in [1.165, 1.54) is 6.07 Å². The number of hydrogen-bond donors (Lipinski definition) is 0. The monoisotopic (exact) mass is 205 g/mol. The Balaban J connectivity index is 2.62. The third-order valence-corrected chi connectivity index (χ3v) is 3.06. The minimum Gasteiger partial charge on any atom is -0.211 e. The van der Waals surface area contributed by atoms with Crippen molar-refractivity contribution in [1.82, 2.24) is 0 Å². The summed E-state index contributed by atoms with van der Waals surface area (Å²) >= 11 is 0. The molecule has 0 aliphatic heterocycles. The summed E-state index contributed by atoms with van der Waals surface area (Å²) in [6, 6.07) is 3.19. The third kappa shape index (κ3) is 1.49. The maximum atomic E-state index is 13.4. The molecule has 1 saturated carbocycles. The van der Waals surface area contributed by atoms with Crippen LogP contribution in [-0.4, -0.2) is 6.08 Å². The molecule has 1 aliphatic rings. The Bertz CT molecular complexity index is 457. The maximum Gasteiger partial charge on any atom is 0.235 e. The largest absolute Gasteiger partial charge is 0.235 e. The molecule has 1 aliphatic carbocycles. The normalized spacial score (nSPS) is 17.0. The second-order valence-electron chi connectivity index (χ2n) is 4.10. The molecule has 0 N–H and O–H groups in total. The van der Waals surface area contributed by atoms with Gasteiger partial charge >= 0.3 is 0 Å². The van der Waals surface area contributed by atoms with Gasteiger partial charge in [0.05, 0.1) is 5.54 Å². The van der Waals surface area contributed by atoms with Crippen molar-refractivity contribution in [3.63, 3.8) is 0 Å². The molecule has 2 nitrogen and oxygen atoms in total. The second-order valence-corrected chi connectivity index (χ2v) is 4.10. The first-order valence-electron chi connectivity index (χ1n) is 4.96. The molecule has 0 aromatic heterocycles. The summed E-state index contributed by atoms with van der Waals surface area (Å²) in [6.07, 6.45) is 3.22. The van der Waals surface area contributed by atoms with Gasteiger partial charge in [-0.05, 0) is 49.4 Å². The number of rotatable bonds is 2. The van der Waals surface area contributed by atoms with Gasteiger partial charge < -0.3 is 0 Å². The highest BCUT2D eigenvalue weighted by molar-refractivity contribution is 5.47. The van der Waals surface area contributed by atoms with Crippen molar-refractivity contribution in [2.45, 2.75) is 32.2 Å². The number of aliphatic imine (C=N–C) groups is 1. The lowest BCUT2D eigenvalue weighted by atomic mass is 9.94. The van der Waals surface area contributed by atoms with Crippen molar-refractivity contribution in [1.29, 1.82) is 0 Å². The van der Waals surface area contributed by atoms with Crippen LogP contribution in [0.2, 0.25) is 0 Å². The number of hydrogen-bond acceptors (Lipinski definition) is 2. The van der Waals surface area contributed by atoms with E-state index in [0.29, 0.717) is 5.56 Å². The van der Waals surface area contributed by atoms with E-state index in [1.54, 1.807) is 19.1 Å². The highest BCUT2D eigenvalue weighted by Crippen LogP contribution is 2.51. The highest BCUT2D eigenvalue weighted by Gasteiger charge is 2.47. The molecule has 0 unspecified atom stereocenters. The van der Waals surface area contributed by atoms with Gasteiger partial charge in [-0.25, -0.2) is 9.18 Å². The Hall–Kier alpha value is -1.47. The molecule has 0 amide bonds. The minimum atomic E-state index is -0.474. The number of nitrogens with zero attached hydrogens (tertiary/aromatic N) is 1. The Morgan fingerprint density at radius 3 is 2.60 bits per heavy atom. The molecule has 1 aromatic rings. The summed E-state index contributed by atoms with van der Waals surface area (Å²) in [5.41, 5.74) is 1.99. The van der Waals surface area contributed by atoms with Crippen LogP contribution < -0.4 is 0 Å². The number of carbonyl (C=O) groups excluding carboxylic acids is 1. The average Bonchev–Trinajstić information content (AvgIpc) is 2.94. The number of isocyanates is 1. The van der Waals surface area contributed by atoms with Crippen LogP contribution in [0.3, 0.4) is 0 Å². The van der Waals surface area contributed by atoms with Crippen LogP contribution in [0.1, 0.15) is 29.5 Å². The number of halogens is 1. The first kappa shape index (κ1) is 10.1. The van der Waals surface area contributed by atoms with Crippen molar-refractivity contribution < 1.29 is 9.18 Å². The molecule has 0 spiro atoms. The van der Waals surface area contributed by atoms with E-state index >= 15 is 0 Å². The predicted molar refractivity (Wildman–Crippen MR) is 54.9 cm³/mol. The summed E-state index contributed by atoms with van der Waals surface area (Å²) in [4.78, 5) is 14.2. The molecule has 1 aromatic carbocycles. The topological polar surface area (TPSA) is 29.4 Å². The van der Waals surface area contributed by atoms with E-state index in [4.69, 9.17) is 0 Å². The molecule has 0 saturated heterocycles. The zero-order valence-corrected chi connectivity index (χ0v) is 8.80. The van der Waals surface area contributed by atoms with Crippen LogP contribution in [0.4, 0.5) is 4.39 Å². The molecule has 78 valence electrons. The first-order valence-corrected chi connectivity index (χ1v) is 4.96.